The first-order valence-electron chi connectivity index (χ1n) is 10.2. The second kappa shape index (κ2) is 8.70. The Morgan fingerprint density at radius 2 is 1.81 bits per heavy atom. The van der Waals surface area contributed by atoms with Crippen LogP contribution in [0.4, 0.5) is 10.1 Å². The molecule has 0 atom stereocenters. The first-order valence-corrected chi connectivity index (χ1v) is 10.2. The summed E-state index contributed by atoms with van der Waals surface area (Å²) in [6.45, 7) is 3.32. The normalized spacial score (nSPS) is 14.5. The zero-order valence-electron chi connectivity index (χ0n) is 17.5. The molecular formula is C24H23FN4O2. The maximum absolute atomic E-state index is 14.2. The molecule has 0 unspecified atom stereocenters. The Morgan fingerprint density at radius 3 is 2.39 bits per heavy atom. The minimum atomic E-state index is -0.605. The highest BCUT2D eigenvalue weighted by Crippen LogP contribution is 2.28. The van der Waals surface area contributed by atoms with Crippen LogP contribution in [0.25, 0.3) is 16.9 Å². The van der Waals surface area contributed by atoms with E-state index in [1.165, 1.54) is 19.1 Å². The Balaban J connectivity index is 1.67. The largest absolute Gasteiger partial charge is 0.381 e. The smallest absolute Gasteiger partial charge is 0.180 e. The number of ether oxygens (including phenoxy) is 1. The molecule has 1 aromatic heterocycles. The molecule has 0 bridgehead atoms. The van der Waals surface area contributed by atoms with Gasteiger partial charge in [0.1, 0.15) is 17.6 Å². The number of benzene rings is 2. The zero-order chi connectivity index (χ0) is 22.0. The molecule has 1 fully saturated rings. The molecule has 6 nitrogen and oxygen atoms in total. The van der Waals surface area contributed by atoms with Gasteiger partial charge >= 0.3 is 0 Å². The first kappa shape index (κ1) is 20.8. The highest BCUT2D eigenvalue weighted by atomic mass is 19.1. The van der Waals surface area contributed by atoms with Crippen molar-refractivity contribution in [2.75, 3.05) is 25.1 Å². The van der Waals surface area contributed by atoms with Gasteiger partial charge in [0.15, 0.2) is 5.78 Å². The lowest BCUT2D eigenvalue weighted by Gasteiger charge is -2.33. The highest BCUT2D eigenvalue weighted by molar-refractivity contribution is 5.93. The molecule has 3 aromatic rings. The number of nitriles is 1. The molecule has 7 heteroatoms. The van der Waals surface area contributed by atoms with E-state index in [0.717, 1.165) is 37.3 Å². The first-order chi connectivity index (χ1) is 15.0. The average molecular weight is 418 g/mol. The Bertz CT molecular complexity index is 1140. The number of hydrogen-bond donors (Lipinski definition) is 0. The number of Topliss-reactive ketones (excluding diaryl/α,β-unsaturated/α-hetero) is 1. The maximum atomic E-state index is 14.2. The summed E-state index contributed by atoms with van der Waals surface area (Å²) in [6, 6.07) is 15.8. The SMILES string of the molecule is COC1CCN(c2ccc(-n3nc(C(C)=O)cc3-c3ccc(C#N)c(F)c3)cc2)CC1. The Labute approximate surface area is 180 Å². The Kier molecular flexibility index (Phi) is 5.83. The van der Waals surface area contributed by atoms with Crippen molar-refractivity contribution >= 4 is 11.5 Å². The van der Waals surface area contributed by atoms with Crippen molar-refractivity contribution < 1.29 is 13.9 Å². The van der Waals surface area contributed by atoms with Crippen LogP contribution in [0.3, 0.4) is 0 Å². The molecule has 31 heavy (non-hydrogen) atoms. The fraction of sp³-hybridized carbons (Fsp3) is 0.292. The standard InChI is InChI=1S/C24H23FN4O2/c1-16(30)23-14-24(17-3-4-18(15-26)22(25)13-17)29(27-23)20-7-5-19(6-8-20)28-11-9-21(31-2)10-12-28/h3-8,13-14,21H,9-12H2,1-2H3. The van der Waals surface area contributed by atoms with Gasteiger partial charge in [0.2, 0.25) is 0 Å². The number of aromatic nitrogens is 2. The van der Waals surface area contributed by atoms with Gasteiger partial charge in [-0.05, 0) is 55.3 Å². The molecule has 158 valence electrons. The van der Waals surface area contributed by atoms with Crippen LogP contribution in [0.1, 0.15) is 35.8 Å². The number of halogens is 1. The van der Waals surface area contributed by atoms with Crippen molar-refractivity contribution in [2.24, 2.45) is 0 Å². The van der Waals surface area contributed by atoms with Crippen LogP contribution in [-0.2, 0) is 4.74 Å². The molecule has 0 N–H and O–H groups in total. The minimum Gasteiger partial charge on any atom is -0.381 e. The number of carbonyl (C=O) groups excluding carboxylic acids is 1. The molecule has 1 saturated heterocycles. The predicted octanol–water partition coefficient (Wildman–Crippen LogP) is 4.37. The minimum absolute atomic E-state index is 0.0248. The molecule has 0 amide bonds. The third-order valence-corrected chi connectivity index (χ3v) is 5.69. The lowest BCUT2D eigenvalue weighted by Crippen LogP contribution is -2.36. The van der Waals surface area contributed by atoms with Crippen LogP contribution >= 0.6 is 0 Å². The molecule has 0 spiro atoms. The number of ketones is 1. The fourth-order valence-corrected chi connectivity index (χ4v) is 3.88. The second-order valence-electron chi connectivity index (χ2n) is 7.63. The van der Waals surface area contributed by atoms with E-state index in [1.807, 2.05) is 30.3 Å². The molecule has 1 aliphatic heterocycles. The van der Waals surface area contributed by atoms with Crippen LogP contribution < -0.4 is 4.90 Å². The highest BCUT2D eigenvalue weighted by Gasteiger charge is 2.20. The predicted molar refractivity (Wildman–Crippen MR) is 116 cm³/mol. The summed E-state index contributed by atoms with van der Waals surface area (Å²) in [4.78, 5) is 14.3. The number of hydrogen-bond acceptors (Lipinski definition) is 5. The number of anilines is 1. The van der Waals surface area contributed by atoms with Gasteiger partial charge < -0.3 is 9.64 Å². The molecule has 1 aliphatic rings. The van der Waals surface area contributed by atoms with Crippen molar-refractivity contribution in [1.29, 1.82) is 5.26 Å². The van der Waals surface area contributed by atoms with Crippen molar-refractivity contribution in [1.82, 2.24) is 9.78 Å². The van der Waals surface area contributed by atoms with Crippen LogP contribution in [0.15, 0.2) is 48.5 Å². The number of carbonyl (C=O) groups is 1. The van der Waals surface area contributed by atoms with Gasteiger partial charge in [0, 0.05) is 38.4 Å². The number of piperidine rings is 1. The third-order valence-electron chi connectivity index (χ3n) is 5.69. The zero-order valence-corrected chi connectivity index (χ0v) is 17.5. The number of rotatable bonds is 5. The van der Waals surface area contributed by atoms with Crippen LogP contribution in [0.5, 0.6) is 0 Å². The molecule has 0 radical (unpaired) electrons. The molecule has 2 heterocycles. The summed E-state index contributed by atoms with van der Waals surface area (Å²) in [7, 11) is 1.76. The summed E-state index contributed by atoms with van der Waals surface area (Å²) >= 11 is 0. The summed E-state index contributed by atoms with van der Waals surface area (Å²) in [5.41, 5.74) is 3.28. The van der Waals surface area contributed by atoms with Crippen molar-refractivity contribution in [3.63, 3.8) is 0 Å². The van der Waals surface area contributed by atoms with Crippen LogP contribution in [0.2, 0.25) is 0 Å². The van der Waals surface area contributed by atoms with Crippen LogP contribution in [0, 0.1) is 17.1 Å². The van der Waals surface area contributed by atoms with Crippen molar-refractivity contribution in [3.05, 3.63) is 65.6 Å². The van der Waals surface area contributed by atoms with E-state index in [1.54, 1.807) is 23.9 Å². The number of nitrogens with zero attached hydrogens (tertiary/aromatic N) is 4. The van der Waals surface area contributed by atoms with E-state index in [4.69, 9.17) is 10.00 Å². The molecule has 4 rings (SSSR count). The van der Waals surface area contributed by atoms with E-state index in [9.17, 15) is 9.18 Å². The fourth-order valence-electron chi connectivity index (χ4n) is 3.88. The topological polar surface area (TPSA) is 71.2 Å². The molecule has 0 aliphatic carbocycles. The van der Waals surface area contributed by atoms with E-state index < -0.39 is 5.82 Å². The quantitative estimate of drug-likeness (QED) is 0.576. The monoisotopic (exact) mass is 418 g/mol. The summed E-state index contributed by atoms with van der Waals surface area (Å²) < 4.78 is 21.3. The van der Waals surface area contributed by atoms with Crippen molar-refractivity contribution in [3.8, 4) is 23.0 Å². The van der Waals surface area contributed by atoms with Gasteiger partial charge in [-0.15, -0.1) is 0 Å². The van der Waals surface area contributed by atoms with E-state index in [2.05, 4.69) is 10.00 Å². The van der Waals surface area contributed by atoms with Crippen LogP contribution in [-0.4, -0.2) is 41.9 Å². The van der Waals surface area contributed by atoms with E-state index >= 15 is 0 Å². The van der Waals surface area contributed by atoms with E-state index in [-0.39, 0.29) is 11.3 Å². The Hall–Kier alpha value is -3.50. The van der Waals surface area contributed by atoms with Gasteiger partial charge in [-0.25, -0.2) is 9.07 Å². The van der Waals surface area contributed by atoms with Gasteiger partial charge in [-0.3, -0.25) is 4.79 Å². The summed E-state index contributed by atoms with van der Waals surface area (Å²) in [5.74, 6) is -0.779. The lowest BCUT2D eigenvalue weighted by atomic mass is 10.1. The van der Waals surface area contributed by atoms with Crippen molar-refractivity contribution in [2.45, 2.75) is 25.9 Å². The summed E-state index contributed by atoms with van der Waals surface area (Å²) in [6.07, 6.45) is 2.31. The molecular weight excluding hydrogens is 395 g/mol. The maximum Gasteiger partial charge on any atom is 0.180 e. The molecule has 0 saturated carbocycles. The van der Waals surface area contributed by atoms with E-state index in [0.29, 0.717) is 23.1 Å². The average Bonchev–Trinajstić information content (AvgIpc) is 3.25. The second-order valence-corrected chi connectivity index (χ2v) is 7.63. The lowest BCUT2D eigenvalue weighted by molar-refractivity contribution is 0.0819. The van der Waals surface area contributed by atoms with Gasteiger partial charge in [-0.2, -0.15) is 10.4 Å². The van der Waals surface area contributed by atoms with Gasteiger partial charge in [-0.1, -0.05) is 6.07 Å². The Morgan fingerprint density at radius 1 is 1.13 bits per heavy atom. The number of methoxy groups -OCH3 is 1. The summed E-state index contributed by atoms with van der Waals surface area (Å²) in [5, 5.41) is 13.4. The molecule has 2 aromatic carbocycles. The van der Waals surface area contributed by atoms with Gasteiger partial charge in [0.05, 0.1) is 23.0 Å². The van der Waals surface area contributed by atoms with Gasteiger partial charge in [0.25, 0.3) is 0 Å². The third kappa shape index (κ3) is 4.21.